The fourth-order valence-electron chi connectivity index (χ4n) is 2.09. The molecular weight excluding hydrogens is 356 g/mol. The third-order valence-corrected chi connectivity index (χ3v) is 3.02. The Morgan fingerprint density at radius 1 is 1.17 bits per heavy atom. The second-order valence-corrected chi connectivity index (χ2v) is 4.43. The van der Waals surface area contributed by atoms with Crippen LogP contribution >= 0.6 is 12.4 Å². The molecule has 0 spiro atoms. The Morgan fingerprint density at radius 3 is 2.17 bits per heavy atom. The molecule has 1 aromatic carbocycles. The van der Waals surface area contributed by atoms with Crippen LogP contribution in [0, 0.1) is 0 Å². The molecule has 1 aliphatic heterocycles. The minimum absolute atomic E-state index is 0. The first-order valence-corrected chi connectivity index (χ1v) is 5.83. The van der Waals surface area contributed by atoms with E-state index in [0.717, 1.165) is 7.11 Å². The van der Waals surface area contributed by atoms with Gasteiger partial charge in [-0.1, -0.05) is 0 Å². The van der Waals surface area contributed by atoms with E-state index in [1.165, 1.54) is 0 Å². The summed E-state index contributed by atoms with van der Waals surface area (Å²) in [7, 11) is 0.941. The molecule has 11 heteroatoms. The Hall–Kier alpha value is -1.84. The molecule has 23 heavy (non-hydrogen) atoms. The van der Waals surface area contributed by atoms with Gasteiger partial charge >= 0.3 is 18.4 Å². The lowest BCUT2D eigenvalue weighted by Crippen LogP contribution is -2.24. The van der Waals surface area contributed by atoms with E-state index in [0.29, 0.717) is 6.07 Å². The molecule has 1 aliphatic rings. The van der Waals surface area contributed by atoms with Crippen LogP contribution < -0.4 is 10.1 Å². The van der Waals surface area contributed by atoms with Gasteiger partial charge in [-0.15, -0.1) is 12.4 Å². The number of alkyl halides is 6. The molecule has 0 bridgehead atoms. The number of rotatable bonds is 2. The minimum atomic E-state index is -5.06. The van der Waals surface area contributed by atoms with E-state index in [2.05, 4.69) is 14.8 Å². The van der Waals surface area contributed by atoms with Crippen LogP contribution in [-0.2, 0) is 17.1 Å². The molecule has 1 heterocycles. The number of benzene rings is 1. The molecule has 1 amide bonds. The van der Waals surface area contributed by atoms with Gasteiger partial charge in [-0.25, -0.2) is 4.79 Å². The average molecular weight is 366 g/mol. The van der Waals surface area contributed by atoms with Crippen molar-refractivity contribution >= 4 is 18.5 Å². The Kier molecular flexibility index (Phi) is 5.30. The van der Waals surface area contributed by atoms with Gasteiger partial charge in [-0.3, -0.25) is 0 Å². The highest BCUT2D eigenvalue weighted by Crippen LogP contribution is 2.44. The zero-order valence-electron chi connectivity index (χ0n) is 11.3. The first-order chi connectivity index (χ1) is 10.0. The van der Waals surface area contributed by atoms with Crippen molar-refractivity contribution in [2.24, 2.45) is 0 Å². The molecule has 0 saturated carbocycles. The fourth-order valence-corrected chi connectivity index (χ4v) is 2.09. The standard InChI is InChI=1S/C12H9F6NO3.ClH/c1-21-8-3-5(11(13,14)15)2-6(12(16,17)18)9(8)7-4-22-10(20)19-7;/h2-3,7H,4H2,1H3,(H,19,20);1H/t7-;/m0./s1. The topological polar surface area (TPSA) is 47.6 Å². The van der Waals surface area contributed by atoms with Crippen LogP contribution in [0.15, 0.2) is 12.1 Å². The summed E-state index contributed by atoms with van der Waals surface area (Å²) in [5.74, 6) is -0.627. The predicted molar refractivity (Wildman–Crippen MR) is 67.5 cm³/mol. The molecule has 1 aromatic rings. The third-order valence-electron chi connectivity index (χ3n) is 3.02. The summed E-state index contributed by atoms with van der Waals surface area (Å²) in [6, 6.07) is -0.807. The van der Waals surface area contributed by atoms with Crippen molar-refractivity contribution in [3.05, 3.63) is 28.8 Å². The first kappa shape index (κ1) is 19.2. The third kappa shape index (κ3) is 3.92. The second-order valence-electron chi connectivity index (χ2n) is 4.43. The number of nitrogens with one attached hydrogen (secondary N) is 1. The Bertz CT molecular complexity index is 602. The van der Waals surface area contributed by atoms with Crippen LogP contribution in [0.5, 0.6) is 5.75 Å². The zero-order valence-corrected chi connectivity index (χ0v) is 12.2. The van der Waals surface area contributed by atoms with Crippen LogP contribution in [0.4, 0.5) is 31.1 Å². The number of carbonyl (C=O) groups excluding carboxylic acids is 1. The number of amides is 1. The smallest absolute Gasteiger partial charge is 0.416 e. The number of alkyl carbamates (subject to hydrolysis) is 1. The molecule has 0 aliphatic carbocycles. The predicted octanol–water partition coefficient (Wildman–Crippen LogP) is 3.94. The summed E-state index contributed by atoms with van der Waals surface area (Å²) < 4.78 is 86.6. The second kappa shape index (κ2) is 6.34. The lowest BCUT2D eigenvalue weighted by molar-refractivity contribution is -0.143. The molecule has 1 saturated heterocycles. The number of methoxy groups -OCH3 is 1. The number of cyclic esters (lactones) is 1. The average Bonchev–Trinajstić information content (AvgIpc) is 2.81. The van der Waals surface area contributed by atoms with Crippen LogP contribution in [0.3, 0.4) is 0 Å². The van der Waals surface area contributed by atoms with Gasteiger partial charge in [-0.2, -0.15) is 26.3 Å². The SMILES string of the molecule is COc1cc(C(F)(F)F)cc(C(F)(F)F)c1[C@@H]1COC(=O)N1.Cl. The highest BCUT2D eigenvalue weighted by Gasteiger charge is 2.43. The van der Waals surface area contributed by atoms with E-state index in [1.807, 2.05) is 0 Å². The van der Waals surface area contributed by atoms with E-state index < -0.39 is 53.5 Å². The number of hydrogen-bond donors (Lipinski definition) is 1. The number of carbonyl (C=O) groups is 1. The van der Waals surface area contributed by atoms with Crippen molar-refractivity contribution in [3.63, 3.8) is 0 Å². The van der Waals surface area contributed by atoms with Gasteiger partial charge in [0.2, 0.25) is 0 Å². The van der Waals surface area contributed by atoms with Crippen molar-refractivity contribution in [3.8, 4) is 5.75 Å². The monoisotopic (exact) mass is 365 g/mol. The minimum Gasteiger partial charge on any atom is -0.496 e. The maximum Gasteiger partial charge on any atom is 0.416 e. The molecule has 0 radical (unpaired) electrons. The fraction of sp³-hybridized carbons (Fsp3) is 0.417. The van der Waals surface area contributed by atoms with Crippen molar-refractivity contribution in [2.75, 3.05) is 13.7 Å². The van der Waals surface area contributed by atoms with E-state index in [9.17, 15) is 31.1 Å². The van der Waals surface area contributed by atoms with Gasteiger partial charge < -0.3 is 14.8 Å². The summed E-state index contributed by atoms with van der Waals surface area (Å²) in [6.45, 7) is -0.441. The first-order valence-electron chi connectivity index (χ1n) is 5.83. The highest BCUT2D eigenvalue weighted by molar-refractivity contribution is 5.85. The maximum absolute atomic E-state index is 13.1. The highest BCUT2D eigenvalue weighted by atomic mass is 35.5. The van der Waals surface area contributed by atoms with Crippen molar-refractivity contribution in [2.45, 2.75) is 18.4 Å². The Morgan fingerprint density at radius 2 is 1.78 bits per heavy atom. The molecule has 0 unspecified atom stereocenters. The number of hydrogen-bond acceptors (Lipinski definition) is 3. The zero-order chi connectivity index (χ0) is 16.7. The normalized spacial score (nSPS) is 18.0. The molecule has 130 valence electrons. The van der Waals surface area contributed by atoms with Gasteiger partial charge in [0, 0.05) is 5.56 Å². The van der Waals surface area contributed by atoms with Crippen molar-refractivity contribution < 1.29 is 40.6 Å². The molecular formula is C12H10ClF6NO3. The Labute approximate surface area is 132 Å². The Balaban J connectivity index is 0.00000264. The number of ether oxygens (including phenoxy) is 2. The lowest BCUT2D eigenvalue weighted by atomic mass is 9.96. The quantitative estimate of drug-likeness (QED) is 0.808. The van der Waals surface area contributed by atoms with Gasteiger partial charge in [-0.05, 0) is 12.1 Å². The molecule has 1 atom stereocenters. The van der Waals surface area contributed by atoms with Crippen LogP contribution in [0.25, 0.3) is 0 Å². The van der Waals surface area contributed by atoms with E-state index in [1.54, 1.807) is 0 Å². The molecule has 2 rings (SSSR count). The van der Waals surface area contributed by atoms with Crippen molar-refractivity contribution in [1.82, 2.24) is 5.32 Å². The van der Waals surface area contributed by atoms with E-state index >= 15 is 0 Å². The van der Waals surface area contributed by atoms with E-state index in [-0.39, 0.29) is 18.5 Å². The number of halogens is 7. The van der Waals surface area contributed by atoms with Crippen LogP contribution in [0.1, 0.15) is 22.7 Å². The molecule has 1 N–H and O–H groups in total. The van der Waals surface area contributed by atoms with Crippen LogP contribution in [0.2, 0.25) is 0 Å². The molecule has 4 nitrogen and oxygen atoms in total. The summed E-state index contributed by atoms with van der Waals surface area (Å²) in [6.07, 6.45) is -11.0. The van der Waals surface area contributed by atoms with Gasteiger partial charge in [0.05, 0.1) is 24.3 Å². The summed E-state index contributed by atoms with van der Waals surface area (Å²) >= 11 is 0. The largest absolute Gasteiger partial charge is 0.496 e. The van der Waals surface area contributed by atoms with E-state index in [4.69, 9.17) is 0 Å². The van der Waals surface area contributed by atoms with Gasteiger partial charge in [0.25, 0.3) is 0 Å². The maximum atomic E-state index is 13.1. The molecule has 0 aromatic heterocycles. The summed E-state index contributed by atoms with van der Waals surface area (Å²) in [4.78, 5) is 11.0. The van der Waals surface area contributed by atoms with Gasteiger partial charge in [0.1, 0.15) is 12.4 Å². The lowest BCUT2D eigenvalue weighted by Gasteiger charge is -2.21. The summed E-state index contributed by atoms with van der Waals surface area (Å²) in [5.41, 5.74) is -3.63. The van der Waals surface area contributed by atoms with Crippen molar-refractivity contribution in [1.29, 1.82) is 0 Å². The molecule has 1 fully saturated rings. The van der Waals surface area contributed by atoms with Gasteiger partial charge in [0.15, 0.2) is 0 Å². The van der Waals surface area contributed by atoms with Crippen LogP contribution in [-0.4, -0.2) is 19.8 Å². The summed E-state index contributed by atoms with van der Waals surface area (Å²) in [5, 5.41) is 2.09.